The standard InChI is InChI=1S/C23H23F2N3O2/c24-19-10-7-17(13-20(19)25)15-28(11-12-29)14-16-5-8-18(9-6-16)23(30)27-22-4-2-1-3-21(22)26/h1-10,13,29H,11-12,14-15,26H2,(H,27,30). The summed E-state index contributed by atoms with van der Waals surface area (Å²) in [5.74, 6) is -2.06. The van der Waals surface area contributed by atoms with E-state index in [4.69, 9.17) is 5.73 Å². The van der Waals surface area contributed by atoms with Crippen LogP contribution in [0.25, 0.3) is 0 Å². The van der Waals surface area contributed by atoms with Crippen LogP contribution in [-0.2, 0) is 13.1 Å². The summed E-state index contributed by atoms with van der Waals surface area (Å²) in [6.45, 7) is 1.14. The smallest absolute Gasteiger partial charge is 0.255 e. The fourth-order valence-corrected chi connectivity index (χ4v) is 3.08. The number of anilines is 2. The lowest BCUT2D eigenvalue weighted by molar-refractivity contribution is 0.102. The molecule has 0 heterocycles. The maximum Gasteiger partial charge on any atom is 0.255 e. The highest BCUT2D eigenvalue weighted by atomic mass is 19.2. The third-order valence-electron chi connectivity index (χ3n) is 4.64. The second kappa shape index (κ2) is 9.96. The minimum Gasteiger partial charge on any atom is -0.397 e. The van der Waals surface area contributed by atoms with Crippen molar-refractivity contribution >= 4 is 17.3 Å². The number of hydrogen-bond donors (Lipinski definition) is 3. The summed E-state index contributed by atoms with van der Waals surface area (Å²) in [6.07, 6.45) is 0. The van der Waals surface area contributed by atoms with E-state index in [1.165, 1.54) is 6.07 Å². The predicted molar refractivity (Wildman–Crippen MR) is 113 cm³/mol. The summed E-state index contributed by atoms with van der Waals surface area (Å²) in [4.78, 5) is 14.3. The van der Waals surface area contributed by atoms with Gasteiger partial charge in [0.2, 0.25) is 0 Å². The van der Waals surface area contributed by atoms with Gasteiger partial charge in [-0.25, -0.2) is 8.78 Å². The normalized spacial score (nSPS) is 10.9. The molecule has 0 unspecified atom stereocenters. The zero-order valence-electron chi connectivity index (χ0n) is 16.3. The molecule has 0 aliphatic carbocycles. The third kappa shape index (κ3) is 5.62. The average molecular weight is 411 g/mol. The third-order valence-corrected chi connectivity index (χ3v) is 4.64. The van der Waals surface area contributed by atoms with Crippen LogP contribution in [0.2, 0.25) is 0 Å². The van der Waals surface area contributed by atoms with Gasteiger partial charge in [-0.1, -0.05) is 30.3 Å². The molecule has 0 atom stereocenters. The monoisotopic (exact) mass is 411 g/mol. The number of benzene rings is 3. The first kappa shape index (κ1) is 21.4. The molecule has 0 spiro atoms. The number of nitrogens with two attached hydrogens (primary N) is 1. The SMILES string of the molecule is Nc1ccccc1NC(=O)c1ccc(CN(CCO)Cc2ccc(F)c(F)c2)cc1. The van der Waals surface area contributed by atoms with Crippen LogP contribution in [0.3, 0.4) is 0 Å². The fourth-order valence-electron chi connectivity index (χ4n) is 3.08. The van der Waals surface area contributed by atoms with Gasteiger partial charge < -0.3 is 16.2 Å². The zero-order chi connectivity index (χ0) is 21.5. The first-order valence-corrected chi connectivity index (χ1v) is 9.48. The zero-order valence-corrected chi connectivity index (χ0v) is 16.3. The topological polar surface area (TPSA) is 78.6 Å². The van der Waals surface area contributed by atoms with Crippen molar-refractivity contribution in [1.82, 2.24) is 4.90 Å². The molecule has 0 saturated heterocycles. The number of para-hydroxylation sites is 2. The Bertz CT molecular complexity index is 1010. The van der Waals surface area contributed by atoms with Gasteiger partial charge in [-0.3, -0.25) is 9.69 Å². The summed E-state index contributed by atoms with van der Waals surface area (Å²) in [6, 6.07) is 17.8. The van der Waals surface area contributed by atoms with Crippen LogP contribution >= 0.6 is 0 Å². The largest absolute Gasteiger partial charge is 0.397 e. The van der Waals surface area contributed by atoms with Crippen LogP contribution in [0.4, 0.5) is 20.2 Å². The van der Waals surface area contributed by atoms with E-state index in [1.807, 2.05) is 17.0 Å². The molecule has 0 bridgehead atoms. The molecule has 3 aromatic rings. The molecule has 0 aliphatic heterocycles. The number of hydrogen-bond acceptors (Lipinski definition) is 4. The van der Waals surface area contributed by atoms with Crippen LogP contribution in [0, 0.1) is 11.6 Å². The van der Waals surface area contributed by atoms with Crippen LogP contribution in [0.1, 0.15) is 21.5 Å². The summed E-state index contributed by atoms with van der Waals surface area (Å²) in [5, 5.41) is 12.1. The molecule has 0 fully saturated rings. The van der Waals surface area contributed by atoms with Crippen molar-refractivity contribution in [1.29, 1.82) is 0 Å². The first-order chi connectivity index (χ1) is 14.5. The highest BCUT2D eigenvalue weighted by molar-refractivity contribution is 6.05. The molecule has 3 aromatic carbocycles. The predicted octanol–water partition coefficient (Wildman–Crippen LogP) is 3.79. The number of amides is 1. The molecule has 30 heavy (non-hydrogen) atoms. The average Bonchev–Trinajstić information content (AvgIpc) is 2.73. The van der Waals surface area contributed by atoms with E-state index < -0.39 is 11.6 Å². The Morgan fingerprint density at radius 3 is 2.27 bits per heavy atom. The number of nitrogens with one attached hydrogen (secondary N) is 1. The second-order valence-electron chi connectivity index (χ2n) is 6.92. The quantitative estimate of drug-likeness (QED) is 0.493. The van der Waals surface area contributed by atoms with E-state index in [0.717, 1.165) is 17.7 Å². The van der Waals surface area contributed by atoms with E-state index in [-0.39, 0.29) is 12.5 Å². The Morgan fingerprint density at radius 1 is 0.933 bits per heavy atom. The summed E-state index contributed by atoms with van der Waals surface area (Å²) in [5.41, 5.74) is 8.90. The van der Waals surface area contributed by atoms with Gasteiger partial charge in [0, 0.05) is 25.2 Å². The van der Waals surface area contributed by atoms with Gasteiger partial charge in [0.05, 0.1) is 18.0 Å². The number of carbonyl (C=O) groups excluding carboxylic acids is 1. The van der Waals surface area contributed by atoms with Gasteiger partial charge in [0.25, 0.3) is 5.91 Å². The van der Waals surface area contributed by atoms with E-state index >= 15 is 0 Å². The van der Waals surface area contributed by atoms with Gasteiger partial charge in [-0.15, -0.1) is 0 Å². The van der Waals surface area contributed by atoms with Gasteiger partial charge in [0.1, 0.15) is 0 Å². The van der Waals surface area contributed by atoms with Crippen molar-refractivity contribution < 1.29 is 18.7 Å². The second-order valence-corrected chi connectivity index (χ2v) is 6.92. The molecule has 0 saturated carbocycles. The Hall–Kier alpha value is -3.29. The molecule has 4 N–H and O–H groups in total. The number of nitrogen functional groups attached to an aromatic ring is 1. The molecule has 1 amide bonds. The Labute approximate surface area is 173 Å². The van der Waals surface area contributed by atoms with E-state index in [9.17, 15) is 18.7 Å². The maximum atomic E-state index is 13.5. The molecule has 0 aromatic heterocycles. The molecule has 7 heteroatoms. The molecular formula is C23H23F2N3O2. The number of aliphatic hydroxyl groups is 1. The lowest BCUT2D eigenvalue weighted by Gasteiger charge is -2.21. The molecule has 0 radical (unpaired) electrons. The minimum atomic E-state index is -0.897. The highest BCUT2D eigenvalue weighted by Crippen LogP contribution is 2.18. The van der Waals surface area contributed by atoms with Gasteiger partial charge in [-0.05, 0) is 47.5 Å². The summed E-state index contributed by atoms with van der Waals surface area (Å²) < 4.78 is 26.6. The van der Waals surface area contributed by atoms with Gasteiger partial charge in [-0.2, -0.15) is 0 Å². The highest BCUT2D eigenvalue weighted by Gasteiger charge is 2.11. The minimum absolute atomic E-state index is 0.0668. The lowest BCUT2D eigenvalue weighted by Crippen LogP contribution is -2.26. The maximum absolute atomic E-state index is 13.5. The number of rotatable bonds is 8. The van der Waals surface area contributed by atoms with Crippen molar-refractivity contribution in [2.45, 2.75) is 13.1 Å². The van der Waals surface area contributed by atoms with Crippen molar-refractivity contribution in [3.8, 4) is 0 Å². The van der Waals surface area contributed by atoms with E-state index in [2.05, 4.69) is 5.32 Å². The van der Waals surface area contributed by atoms with Crippen molar-refractivity contribution in [2.24, 2.45) is 0 Å². The molecule has 0 aliphatic rings. The number of halogens is 2. The van der Waals surface area contributed by atoms with Crippen molar-refractivity contribution in [3.05, 3.63) is 95.1 Å². The summed E-state index contributed by atoms with van der Waals surface area (Å²) in [7, 11) is 0. The molecule has 3 rings (SSSR count). The number of carbonyl (C=O) groups is 1. The Balaban J connectivity index is 1.65. The number of nitrogens with zero attached hydrogens (tertiary/aromatic N) is 1. The Kier molecular flexibility index (Phi) is 7.11. The van der Waals surface area contributed by atoms with E-state index in [0.29, 0.717) is 42.1 Å². The lowest BCUT2D eigenvalue weighted by atomic mass is 10.1. The van der Waals surface area contributed by atoms with Crippen LogP contribution in [0.15, 0.2) is 66.7 Å². The fraction of sp³-hybridized carbons (Fsp3) is 0.174. The van der Waals surface area contributed by atoms with Crippen LogP contribution in [-0.4, -0.2) is 29.1 Å². The van der Waals surface area contributed by atoms with Crippen molar-refractivity contribution in [3.63, 3.8) is 0 Å². The summed E-state index contributed by atoms with van der Waals surface area (Å²) >= 11 is 0. The van der Waals surface area contributed by atoms with Gasteiger partial charge in [0.15, 0.2) is 11.6 Å². The first-order valence-electron chi connectivity index (χ1n) is 9.48. The molecule has 5 nitrogen and oxygen atoms in total. The Morgan fingerprint density at radius 2 is 1.60 bits per heavy atom. The van der Waals surface area contributed by atoms with Crippen LogP contribution in [0.5, 0.6) is 0 Å². The van der Waals surface area contributed by atoms with Crippen molar-refractivity contribution in [2.75, 3.05) is 24.2 Å². The molecule has 156 valence electrons. The van der Waals surface area contributed by atoms with Gasteiger partial charge >= 0.3 is 0 Å². The van der Waals surface area contributed by atoms with Crippen LogP contribution < -0.4 is 11.1 Å². The number of aliphatic hydroxyl groups excluding tert-OH is 1. The molecular weight excluding hydrogens is 388 g/mol. The van der Waals surface area contributed by atoms with E-state index in [1.54, 1.807) is 36.4 Å².